The third kappa shape index (κ3) is 4.94. The molecule has 0 saturated carbocycles. The Balaban J connectivity index is 1.95. The monoisotopic (exact) mass is 396 g/mol. The lowest BCUT2D eigenvalue weighted by atomic mass is 10.1. The number of nitrogens with one attached hydrogen (secondary N) is 1. The summed E-state index contributed by atoms with van der Waals surface area (Å²) in [5.74, 6) is 0. The van der Waals surface area contributed by atoms with Gasteiger partial charge in [-0.1, -0.05) is 22.0 Å². The number of halogens is 1. The molecule has 0 bridgehead atoms. The van der Waals surface area contributed by atoms with E-state index >= 15 is 0 Å². The van der Waals surface area contributed by atoms with Crippen LogP contribution in [-0.4, -0.2) is 73.1 Å². The highest BCUT2D eigenvalue weighted by Crippen LogP contribution is 2.22. The average molecular weight is 397 g/mol. The SMILES string of the molecule is Cc1ccc(NC(=O)N2CC(C)N(CCN(C)C)C(C)C2)cc1Br. The Labute approximate surface area is 154 Å². The number of benzene rings is 1. The number of hydrogen-bond donors (Lipinski definition) is 1. The zero-order chi connectivity index (χ0) is 17.9. The molecule has 1 aliphatic rings. The number of amides is 2. The van der Waals surface area contributed by atoms with E-state index in [1.54, 1.807) is 0 Å². The second-order valence-electron chi connectivity index (χ2n) is 7.04. The highest BCUT2D eigenvalue weighted by Gasteiger charge is 2.31. The molecule has 1 aliphatic heterocycles. The molecule has 1 N–H and O–H groups in total. The van der Waals surface area contributed by atoms with Gasteiger partial charge in [-0.3, -0.25) is 4.90 Å². The van der Waals surface area contributed by atoms with E-state index in [4.69, 9.17) is 0 Å². The van der Waals surface area contributed by atoms with E-state index in [0.717, 1.165) is 41.9 Å². The maximum absolute atomic E-state index is 12.6. The van der Waals surface area contributed by atoms with Gasteiger partial charge in [0.05, 0.1) is 0 Å². The second-order valence-corrected chi connectivity index (χ2v) is 7.89. The molecule has 134 valence electrons. The third-order valence-electron chi connectivity index (χ3n) is 4.62. The van der Waals surface area contributed by atoms with Crippen molar-refractivity contribution in [3.05, 3.63) is 28.2 Å². The highest BCUT2D eigenvalue weighted by molar-refractivity contribution is 9.10. The number of aryl methyl sites for hydroxylation is 1. The second kappa shape index (κ2) is 8.32. The predicted octanol–water partition coefficient (Wildman–Crippen LogP) is 3.25. The van der Waals surface area contributed by atoms with Crippen LogP contribution in [0.25, 0.3) is 0 Å². The number of carbonyl (C=O) groups excluding carboxylic acids is 1. The maximum Gasteiger partial charge on any atom is 0.321 e. The van der Waals surface area contributed by atoms with Crippen molar-refractivity contribution in [3.63, 3.8) is 0 Å². The van der Waals surface area contributed by atoms with Crippen molar-refractivity contribution in [2.24, 2.45) is 0 Å². The minimum atomic E-state index is -0.0169. The fraction of sp³-hybridized carbons (Fsp3) is 0.611. The van der Waals surface area contributed by atoms with Crippen LogP contribution in [0.2, 0.25) is 0 Å². The molecule has 2 atom stereocenters. The molecule has 5 nitrogen and oxygen atoms in total. The van der Waals surface area contributed by atoms with Gasteiger partial charge >= 0.3 is 6.03 Å². The van der Waals surface area contributed by atoms with Crippen LogP contribution in [-0.2, 0) is 0 Å². The van der Waals surface area contributed by atoms with Crippen LogP contribution in [0.5, 0.6) is 0 Å². The van der Waals surface area contributed by atoms with Crippen LogP contribution in [0.3, 0.4) is 0 Å². The number of anilines is 1. The third-order valence-corrected chi connectivity index (χ3v) is 5.47. The molecule has 6 heteroatoms. The highest BCUT2D eigenvalue weighted by atomic mass is 79.9. The first kappa shape index (κ1) is 19.2. The Morgan fingerprint density at radius 2 is 1.92 bits per heavy atom. The first-order valence-corrected chi connectivity index (χ1v) is 9.29. The lowest BCUT2D eigenvalue weighted by Crippen LogP contribution is -2.59. The summed E-state index contributed by atoms with van der Waals surface area (Å²) in [4.78, 5) is 19.2. The molecule has 2 rings (SSSR count). The Morgan fingerprint density at radius 1 is 1.29 bits per heavy atom. The van der Waals surface area contributed by atoms with E-state index in [9.17, 15) is 4.79 Å². The number of likely N-dealkylation sites (N-methyl/N-ethyl adjacent to an activating group) is 1. The van der Waals surface area contributed by atoms with E-state index in [0.29, 0.717) is 12.1 Å². The van der Waals surface area contributed by atoms with Crippen LogP contribution in [0, 0.1) is 6.92 Å². The smallest absolute Gasteiger partial charge is 0.321 e. The number of rotatable bonds is 4. The van der Waals surface area contributed by atoms with Gasteiger partial charge in [-0.15, -0.1) is 0 Å². The summed E-state index contributed by atoms with van der Waals surface area (Å²) in [5.41, 5.74) is 1.98. The summed E-state index contributed by atoms with van der Waals surface area (Å²) in [5, 5.41) is 3.02. The summed E-state index contributed by atoms with van der Waals surface area (Å²) < 4.78 is 1.01. The molecule has 0 aliphatic carbocycles. The van der Waals surface area contributed by atoms with Crippen LogP contribution in [0.1, 0.15) is 19.4 Å². The molecule has 1 saturated heterocycles. The molecule has 0 spiro atoms. The molecule has 1 fully saturated rings. The van der Waals surface area contributed by atoms with E-state index in [1.165, 1.54) is 0 Å². The van der Waals surface area contributed by atoms with Crippen molar-refractivity contribution in [1.29, 1.82) is 0 Å². The van der Waals surface area contributed by atoms with Gasteiger partial charge in [-0.05, 0) is 52.6 Å². The minimum Gasteiger partial charge on any atom is -0.321 e. The van der Waals surface area contributed by atoms with Crippen molar-refractivity contribution >= 4 is 27.6 Å². The van der Waals surface area contributed by atoms with Crippen molar-refractivity contribution in [2.75, 3.05) is 45.6 Å². The van der Waals surface area contributed by atoms with Crippen molar-refractivity contribution < 1.29 is 4.79 Å². The van der Waals surface area contributed by atoms with Crippen molar-refractivity contribution in [3.8, 4) is 0 Å². The zero-order valence-corrected chi connectivity index (χ0v) is 16.9. The van der Waals surface area contributed by atoms with E-state index < -0.39 is 0 Å². The molecular formula is C18H29BrN4O. The molecule has 2 unspecified atom stereocenters. The number of urea groups is 1. The number of carbonyl (C=O) groups is 1. The standard InChI is InChI=1S/C18H29BrN4O/c1-13-6-7-16(10-17(13)19)20-18(24)22-11-14(2)23(15(3)12-22)9-8-21(4)5/h6-7,10,14-15H,8-9,11-12H2,1-5H3,(H,20,24). The number of hydrogen-bond acceptors (Lipinski definition) is 3. The topological polar surface area (TPSA) is 38.8 Å². The zero-order valence-electron chi connectivity index (χ0n) is 15.3. The van der Waals surface area contributed by atoms with Gasteiger partial charge < -0.3 is 15.1 Å². The Morgan fingerprint density at radius 3 is 2.46 bits per heavy atom. The van der Waals surface area contributed by atoms with Crippen LogP contribution >= 0.6 is 15.9 Å². The lowest BCUT2D eigenvalue weighted by molar-refractivity contribution is 0.0540. The maximum atomic E-state index is 12.6. The van der Waals surface area contributed by atoms with E-state index in [-0.39, 0.29) is 6.03 Å². The van der Waals surface area contributed by atoms with Gasteiger partial charge in [0, 0.05) is 48.4 Å². The van der Waals surface area contributed by atoms with E-state index in [2.05, 4.69) is 59.0 Å². The summed E-state index contributed by atoms with van der Waals surface area (Å²) in [7, 11) is 4.19. The van der Waals surface area contributed by atoms with Crippen molar-refractivity contribution in [2.45, 2.75) is 32.9 Å². The Hall–Kier alpha value is -1.11. The quantitative estimate of drug-likeness (QED) is 0.848. The molecular weight excluding hydrogens is 368 g/mol. The summed E-state index contributed by atoms with van der Waals surface area (Å²) in [6, 6.07) is 6.61. The van der Waals surface area contributed by atoms with Gasteiger partial charge in [0.25, 0.3) is 0 Å². The first-order chi connectivity index (χ1) is 11.3. The molecule has 1 aromatic rings. The van der Waals surface area contributed by atoms with Crippen LogP contribution in [0.15, 0.2) is 22.7 Å². The van der Waals surface area contributed by atoms with Gasteiger partial charge in [-0.25, -0.2) is 4.79 Å². The molecule has 0 radical (unpaired) electrons. The molecule has 2 amide bonds. The number of piperazine rings is 1. The fourth-order valence-corrected chi connectivity index (χ4v) is 3.53. The van der Waals surface area contributed by atoms with Gasteiger partial charge in [0.1, 0.15) is 0 Å². The summed E-state index contributed by atoms with van der Waals surface area (Å²) in [6.45, 7) is 10.0. The van der Waals surface area contributed by atoms with Crippen molar-refractivity contribution in [1.82, 2.24) is 14.7 Å². The minimum absolute atomic E-state index is 0.0169. The largest absolute Gasteiger partial charge is 0.321 e. The molecule has 1 aromatic carbocycles. The summed E-state index contributed by atoms with van der Waals surface area (Å²) >= 11 is 3.51. The Kier molecular flexibility index (Phi) is 6.66. The molecule has 0 aromatic heterocycles. The van der Waals surface area contributed by atoms with E-state index in [1.807, 2.05) is 30.0 Å². The number of nitrogens with zero attached hydrogens (tertiary/aromatic N) is 3. The average Bonchev–Trinajstić information content (AvgIpc) is 2.49. The Bertz CT molecular complexity index is 566. The first-order valence-electron chi connectivity index (χ1n) is 8.50. The fourth-order valence-electron chi connectivity index (χ4n) is 3.15. The summed E-state index contributed by atoms with van der Waals surface area (Å²) in [6.07, 6.45) is 0. The van der Waals surface area contributed by atoms with Crippen LogP contribution in [0.4, 0.5) is 10.5 Å². The van der Waals surface area contributed by atoms with Gasteiger partial charge in [0.15, 0.2) is 0 Å². The van der Waals surface area contributed by atoms with Crippen LogP contribution < -0.4 is 5.32 Å². The molecule has 1 heterocycles. The normalized spacial score (nSPS) is 22.0. The lowest BCUT2D eigenvalue weighted by Gasteiger charge is -2.44. The van der Waals surface area contributed by atoms with Gasteiger partial charge in [-0.2, -0.15) is 0 Å². The molecule has 24 heavy (non-hydrogen) atoms. The predicted molar refractivity (Wildman–Crippen MR) is 104 cm³/mol. The van der Waals surface area contributed by atoms with Gasteiger partial charge in [0.2, 0.25) is 0 Å².